The van der Waals surface area contributed by atoms with Gasteiger partial charge in [-0.3, -0.25) is 9.79 Å². The van der Waals surface area contributed by atoms with E-state index in [9.17, 15) is 4.79 Å². The van der Waals surface area contributed by atoms with Crippen molar-refractivity contribution in [1.82, 2.24) is 0 Å². The SMILES string of the molecule is CCOc1cc(C=Nc2cccc(C)c2C)ccc1OCC(=O)Nc1ccccc1. The van der Waals surface area contributed by atoms with Crippen molar-refractivity contribution < 1.29 is 14.3 Å². The number of benzene rings is 3. The number of nitrogens with one attached hydrogen (secondary N) is 1. The van der Waals surface area contributed by atoms with E-state index in [0.717, 1.165) is 22.5 Å². The highest BCUT2D eigenvalue weighted by Crippen LogP contribution is 2.29. The smallest absolute Gasteiger partial charge is 0.262 e. The van der Waals surface area contributed by atoms with Crippen molar-refractivity contribution in [3.63, 3.8) is 0 Å². The molecule has 3 aromatic rings. The maximum atomic E-state index is 12.1. The zero-order valence-electron chi connectivity index (χ0n) is 17.5. The molecular weight excluding hydrogens is 376 g/mol. The lowest BCUT2D eigenvalue weighted by atomic mass is 10.1. The fraction of sp³-hybridized carbons (Fsp3) is 0.200. The number of aryl methyl sites for hydroxylation is 1. The molecule has 0 fully saturated rings. The number of nitrogens with zero attached hydrogens (tertiary/aromatic N) is 1. The summed E-state index contributed by atoms with van der Waals surface area (Å²) in [5.74, 6) is 0.864. The summed E-state index contributed by atoms with van der Waals surface area (Å²) in [5, 5.41) is 2.80. The van der Waals surface area contributed by atoms with Gasteiger partial charge in [0.15, 0.2) is 18.1 Å². The lowest BCUT2D eigenvalue weighted by Crippen LogP contribution is -2.20. The van der Waals surface area contributed by atoms with Gasteiger partial charge in [-0.2, -0.15) is 0 Å². The minimum atomic E-state index is -0.232. The monoisotopic (exact) mass is 402 g/mol. The van der Waals surface area contributed by atoms with Gasteiger partial charge in [-0.25, -0.2) is 0 Å². The Morgan fingerprint density at radius 2 is 1.77 bits per heavy atom. The first-order valence-corrected chi connectivity index (χ1v) is 9.91. The molecule has 0 radical (unpaired) electrons. The summed E-state index contributed by atoms with van der Waals surface area (Å²) >= 11 is 0. The molecule has 0 saturated carbocycles. The van der Waals surface area contributed by atoms with E-state index in [0.29, 0.717) is 18.1 Å². The number of aliphatic imine (C=N–C) groups is 1. The maximum Gasteiger partial charge on any atom is 0.262 e. The summed E-state index contributed by atoms with van der Waals surface area (Å²) in [6.07, 6.45) is 1.80. The predicted molar refractivity (Wildman–Crippen MR) is 121 cm³/mol. The van der Waals surface area contributed by atoms with E-state index in [1.54, 1.807) is 12.3 Å². The van der Waals surface area contributed by atoms with E-state index in [-0.39, 0.29) is 12.5 Å². The third-order valence-electron chi connectivity index (χ3n) is 4.61. The van der Waals surface area contributed by atoms with E-state index in [4.69, 9.17) is 9.47 Å². The lowest BCUT2D eigenvalue weighted by molar-refractivity contribution is -0.118. The lowest BCUT2D eigenvalue weighted by Gasteiger charge is -2.12. The third-order valence-corrected chi connectivity index (χ3v) is 4.61. The summed E-state index contributed by atoms with van der Waals surface area (Å²) in [6, 6.07) is 20.9. The van der Waals surface area contributed by atoms with Gasteiger partial charge in [0.05, 0.1) is 12.3 Å². The second kappa shape index (κ2) is 10.3. The first-order chi connectivity index (χ1) is 14.6. The Morgan fingerprint density at radius 3 is 2.53 bits per heavy atom. The zero-order chi connectivity index (χ0) is 21.3. The van der Waals surface area contributed by atoms with Gasteiger partial charge in [-0.05, 0) is 73.9 Å². The number of carbonyl (C=O) groups is 1. The number of anilines is 1. The molecule has 30 heavy (non-hydrogen) atoms. The molecule has 0 aliphatic heterocycles. The van der Waals surface area contributed by atoms with Crippen LogP contribution in [0.1, 0.15) is 23.6 Å². The van der Waals surface area contributed by atoms with E-state index in [1.807, 2.05) is 61.5 Å². The van der Waals surface area contributed by atoms with Crippen LogP contribution in [0.3, 0.4) is 0 Å². The number of ether oxygens (including phenoxy) is 2. The van der Waals surface area contributed by atoms with Crippen LogP contribution in [-0.2, 0) is 4.79 Å². The van der Waals surface area contributed by atoms with Crippen LogP contribution in [-0.4, -0.2) is 25.3 Å². The Hall–Kier alpha value is -3.60. The van der Waals surface area contributed by atoms with Gasteiger partial charge in [0.2, 0.25) is 0 Å². The molecule has 0 saturated heterocycles. The molecule has 0 aliphatic carbocycles. The van der Waals surface area contributed by atoms with Gasteiger partial charge in [0.25, 0.3) is 5.91 Å². The topological polar surface area (TPSA) is 59.9 Å². The Bertz CT molecular complexity index is 1030. The van der Waals surface area contributed by atoms with E-state index < -0.39 is 0 Å². The van der Waals surface area contributed by atoms with Gasteiger partial charge >= 0.3 is 0 Å². The minimum absolute atomic E-state index is 0.106. The van der Waals surface area contributed by atoms with Gasteiger partial charge in [-0.15, -0.1) is 0 Å². The Balaban J connectivity index is 1.69. The van der Waals surface area contributed by atoms with E-state index in [2.05, 4.69) is 30.2 Å². The predicted octanol–water partition coefficient (Wildman–Crippen LogP) is 5.47. The van der Waals surface area contributed by atoms with Gasteiger partial charge in [0, 0.05) is 11.9 Å². The number of rotatable bonds is 8. The van der Waals surface area contributed by atoms with Crippen LogP contribution >= 0.6 is 0 Å². The second-order valence-corrected chi connectivity index (χ2v) is 6.82. The van der Waals surface area contributed by atoms with Gasteiger partial charge in [-0.1, -0.05) is 30.3 Å². The molecule has 0 atom stereocenters. The van der Waals surface area contributed by atoms with Crippen LogP contribution in [0.25, 0.3) is 0 Å². The molecule has 0 unspecified atom stereocenters. The summed E-state index contributed by atoms with van der Waals surface area (Å²) in [6.45, 7) is 6.42. The highest BCUT2D eigenvalue weighted by atomic mass is 16.5. The molecule has 1 N–H and O–H groups in total. The molecule has 0 aliphatic rings. The molecule has 1 amide bonds. The minimum Gasteiger partial charge on any atom is -0.490 e. The number of hydrogen-bond acceptors (Lipinski definition) is 4. The number of para-hydroxylation sites is 1. The number of hydrogen-bond donors (Lipinski definition) is 1. The molecule has 0 spiro atoms. The van der Waals surface area contributed by atoms with Crippen LogP contribution < -0.4 is 14.8 Å². The molecule has 154 valence electrons. The van der Waals surface area contributed by atoms with Crippen molar-refractivity contribution in [2.24, 2.45) is 4.99 Å². The van der Waals surface area contributed by atoms with Gasteiger partial charge < -0.3 is 14.8 Å². The molecule has 0 aromatic heterocycles. The molecule has 5 heteroatoms. The van der Waals surface area contributed by atoms with E-state index in [1.165, 1.54) is 5.56 Å². The Labute approximate surface area is 177 Å². The van der Waals surface area contributed by atoms with Crippen LogP contribution in [0.4, 0.5) is 11.4 Å². The first-order valence-electron chi connectivity index (χ1n) is 9.91. The molecule has 0 heterocycles. The van der Waals surface area contributed by atoms with Crippen molar-refractivity contribution in [3.05, 3.63) is 83.4 Å². The molecule has 5 nitrogen and oxygen atoms in total. The quantitative estimate of drug-likeness (QED) is 0.508. The summed E-state index contributed by atoms with van der Waals surface area (Å²) in [7, 11) is 0. The molecule has 0 bridgehead atoms. The Morgan fingerprint density at radius 1 is 0.967 bits per heavy atom. The summed E-state index contributed by atoms with van der Waals surface area (Å²) in [4.78, 5) is 16.7. The highest BCUT2D eigenvalue weighted by molar-refractivity contribution is 5.92. The third kappa shape index (κ3) is 5.70. The average molecular weight is 402 g/mol. The number of amides is 1. The van der Waals surface area contributed by atoms with Crippen molar-refractivity contribution in [2.75, 3.05) is 18.5 Å². The van der Waals surface area contributed by atoms with Crippen LogP contribution in [0.5, 0.6) is 11.5 Å². The standard InChI is InChI=1S/C25H26N2O3/c1-4-29-24-15-20(16-26-22-12-8-9-18(2)19(22)3)13-14-23(24)30-17-25(28)27-21-10-6-5-7-11-21/h5-16H,4,17H2,1-3H3,(H,27,28). The van der Waals surface area contributed by atoms with E-state index >= 15 is 0 Å². The normalized spacial score (nSPS) is 10.8. The maximum absolute atomic E-state index is 12.1. The average Bonchev–Trinajstić information content (AvgIpc) is 2.75. The van der Waals surface area contributed by atoms with Crippen LogP contribution in [0.2, 0.25) is 0 Å². The van der Waals surface area contributed by atoms with Crippen LogP contribution in [0, 0.1) is 13.8 Å². The molecule has 3 rings (SSSR count). The van der Waals surface area contributed by atoms with Crippen molar-refractivity contribution in [1.29, 1.82) is 0 Å². The first kappa shape index (κ1) is 21.1. The van der Waals surface area contributed by atoms with Gasteiger partial charge in [0.1, 0.15) is 0 Å². The second-order valence-electron chi connectivity index (χ2n) is 6.82. The molecule has 3 aromatic carbocycles. The fourth-order valence-corrected chi connectivity index (χ4v) is 2.87. The molecular formula is C25H26N2O3. The Kier molecular flexibility index (Phi) is 7.22. The summed E-state index contributed by atoms with van der Waals surface area (Å²) < 4.78 is 11.4. The highest BCUT2D eigenvalue weighted by Gasteiger charge is 2.09. The van der Waals surface area contributed by atoms with Crippen molar-refractivity contribution >= 4 is 23.5 Å². The van der Waals surface area contributed by atoms with Crippen molar-refractivity contribution in [3.8, 4) is 11.5 Å². The van der Waals surface area contributed by atoms with Crippen molar-refractivity contribution in [2.45, 2.75) is 20.8 Å². The number of carbonyl (C=O) groups excluding carboxylic acids is 1. The summed E-state index contributed by atoms with van der Waals surface area (Å²) in [5.41, 5.74) is 4.92. The fourth-order valence-electron chi connectivity index (χ4n) is 2.87. The largest absolute Gasteiger partial charge is 0.490 e. The zero-order valence-corrected chi connectivity index (χ0v) is 17.5. The van der Waals surface area contributed by atoms with Crippen LogP contribution in [0.15, 0.2) is 71.7 Å².